The minimum Gasteiger partial charge on any atom is -0.229 e. The van der Waals surface area contributed by atoms with E-state index in [0.29, 0.717) is 5.02 Å². The summed E-state index contributed by atoms with van der Waals surface area (Å²) in [5, 5.41) is 15.6. The van der Waals surface area contributed by atoms with E-state index in [-0.39, 0.29) is 6.04 Å². The first-order chi connectivity index (χ1) is 12.7. The molecule has 0 amide bonds. The Kier molecular flexibility index (Phi) is 5.01. The van der Waals surface area contributed by atoms with Crippen molar-refractivity contribution in [1.82, 2.24) is 25.2 Å². The van der Waals surface area contributed by atoms with Crippen LogP contribution in [-0.4, -0.2) is 25.2 Å². The fraction of sp³-hybridized carbons (Fsp3) is 0.111. The Hall–Kier alpha value is -2.22. The van der Waals surface area contributed by atoms with Crippen molar-refractivity contribution in [2.45, 2.75) is 22.5 Å². The van der Waals surface area contributed by atoms with Gasteiger partial charge < -0.3 is 0 Å². The van der Waals surface area contributed by atoms with E-state index in [1.165, 1.54) is 11.8 Å². The van der Waals surface area contributed by atoms with Crippen molar-refractivity contribution in [2.75, 3.05) is 0 Å². The third-order valence-electron chi connectivity index (χ3n) is 3.91. The number of hydrogen-bond donors (Lipinski definition) is 0. The van der Waals surface area contributed by atoms with Gasteiger partial charge in [0.25, 0.3) is 0 Å². The van der Waals surface area contributed by atoms with Crippen LogP contribution in [0.1, 0.15) is 18.5 Å². The standard InChI is InChI=1S/C18H14ClN5S2/c1-12(13-5-3-2-4-6-13)24-17(21-22-23-24)26-18-20-16(11-25-18)14-7-9-15(19)10-8-14/h2-12H,1H3. The highest BCUT2D eigenvalue weighted by Crippen LogP contribution is 2.33. The molecule has 0 fully saturated rings. The summed E-state index contributed by atoms with van der Waals surface area (Å²) in [5.74, 6) is 0. The summed E-state index contributed by atoms with van der Waals surface area (Å²) in [6, 6.07) is 17.9. The van der Waals surface area contributed by atoms with Crippen molar-refractivity contribution < 1.29 is 0 Å². The maximum atomic E-state index is 5.95. The Morgan fingerprint density at radius 2 is 1.85 bits per heavy atom. The van der Waals surface area contributed by atoms with E-state index < -0.39 is 0 Å². The summed E-state index contributed by atoms with van der Waals surface area (Å²) in [5.41, 5.74) is 3.11. The van der Waals surface area contributed by atoms with Crippen LogP contribution in [-0.2, 0) is 0 Å². The van der Waals surface area contributed by atoms with E-state index in [2.05, 4.69) is 39.6 Å². The van der Waals surface area contributed by atoms with Gasteiger partial charge in [-0.05, 0) is 46.8 Å². The number of benzene rings is 2. The zero-order chi connectivity index (χ0) is 17.9. The Morgan fingerprint density at radius 3 is 2.62 bits per heavy atom. The molecule has 26 heavy (non-hydrogen) atoms. The van der Waals surface area contributed by atoms with Crippen LogP contribution in [0.3, 0.4) is 0 Å². The molecule has 0 radical (unpaired) electrons. The molecule has 0 spiro atoms. The van der Waals surface area contributed by atoms with Crippen LogP contribution in [0.2, 0.25) is 5.02 Å². The average molecular weight is 400 g/mol. The van der Waals surface area contributed by atoms with Gasteiger partial charge in [0.2, 0.25) is 5.16 Å². The molecule has 0 aliphatic carbocycles. The second-order valence-electron chi connectivity index (χ2n) is 5.60. The lowest BCUT2D eigenvalue weighted by atomic mass is 10.1. The summed E-state index contributed by atoms with van der Waals surface area (Å²) in [4.78, 5) is 4.69. The van der Waals surface area contributed by atoms with Crippen molar-refractivity contribution in [3.05, 3.63) is 70.6 Å². The lowest BCUT2D eigenvalue weighted by Gasteiger charge is -2.12. The number of tetrazole rings is 1. The Morgan fingerprint density at radius 1 is 1.08 bits per heavy atom. The summed E-state index contributed by atoms with van der Waals surface area (Å²) in [6.45, 7) is 2.08. The van der Waals surface area contributed by atoms with Crippen molar-refractivity contribution in [1.29, 1.82) is 0 Å². The van der Waals surface area contributed by atoms with Gasteiger partial charge in [0, 0.05) is 16.0 Å². The van der Waals surface area contributed by atoms with Crippen LogP contribution >= 0.6 is 34.7 Å². The molecule has 0 aliphatic heterocycles. The summed E-state index contributed by atoms with van der Waals surface area (Å²) >= 11 is 8.99. The molecule has 4 rings (SSSR count). The van der Waals surface area contributed by atoms with Gasteiger partial charge >= 0.3 is 0 Å². The predicted octanol–water partition coefficient (Wildman–Crippen LogP) is 5.21. The molecular formula is C18H14ClN5S2. The van der Waals surface area contributed by atoms with Gasteiger partial charge in [-0.1, -0.05) is 54.1 Å². The third-order valence-corrected chi connectivity index (χ3v) is 6.06. The minimum atomic E-state index is 0.0457. The summed E-state index contributed by atoms with van der Waals surface area (Å²) in [6.07, 6.45) is 0. The molecule has 130 valence electrons. The van der Waals surface area contributed by atoms with Crippen LogP contribution in [0.4, 0.5) is 0 Å². The lowest BCUT2D eigenvalue weighted by Crippen LogP contribution is -2.09. The molecule has 8 heteroatoms. The zero-order valence-electron chi connectivity index (χ0n) is 13.8. The molecule has 1 unspecified atom stereocenters. The molecule has 2 heterocycles. The highest BCUT2D eigenvalue weighted by Gasteiger charge is 2.17. The number of rotatable bonds is 5. The molecular weight excluding hydrogens is 386 g/mol. The van der Waals surface area contributed by atoms with Crippen molar-refractivity contribution >= 4 is 34.7 Å². The Labute approximate surface area is 164 Å². The first-order valence-electron chi connectivity index (χ1n) is 7.93. The molecule has 0 N–H and O–H groups in total. The monoisotopic (exact) mass is 399 g/mol. The van der Waals surface area contributed by atoms with Crippen LogP contribution in [0.15, 0.2) is 69.5 Å². The molecule has 0 saturated carbocycles. The van der Waals surface area contributed by atoms with E-state index in [0.717, 1.165) is 26.3 Å². The van der Waals surface area contributed by atoms with E-state index in [4.69, 9.17) is 11.6 Å². The SMILES string of the molecule is CC(c1ccccc1)n1nnnc1Sc1nc(-c2ccc(Cl)cc2)cs1. The summed E-state index contributed by atoms with van der Waals surface area (Å²) in [7, 11) is 0. The maximum Gasteiger partial charge on any atom is 0.216 e. The van der Waals surface area contributed by atoms with Crippen molar-refractivity contribution in [2.24, 2.45) is 0 Å². The number of halogens is 1. The third kappa shape index (κ3) is 3.65. The molecule has 2 aromatic heterocycles. The van der Waals surface area contributed by atoms with Gasteiger partial charge in [-0.3, -0.25) is 0 Å². The van der Waals surface area contributed by atoms with E-state index in [1.807, 2.05) is 52.5 Å². The van der Waals surface area contributed by atoms with Crippen LogP contribution in [0.5, 0.6) is 0 Å². The van der Waals surface area contributed by atoms with Gasteiger partial charge in [-0.15, -0.1) is 16.4 Å². The molecule has 5 nitrogen and oxygen atoms in total. The molecule has 4 aromatic rings. The van der Waals surface area contributed by atoms with E-state index in [1.54, 1.807) is 11.3 Å². The normalized spacial score (nSPS) is 12.2. The Bertz CT molecular complexity index is 998. The van der Waals surface area contributed by atoms with Crippen LogP contribution in [0, 0.1) is 0 Å². The summed E-state index contributed by atoms with van der Waals surface area (Å²) < 4.78 is 2.72. The number of thiazole rings is 1. The highest BCUT2D eigenvalue weighted by atomic mass is 35.5. The van der Waals surface area contributed by atoms with E-state index >= 15 is 0 Å². The van der Waals surface area contributed by atoms with Crippen LogP contribution < -0.4 is 0 Å². The van der Waals surface area contributed by atoms with Gasteiger partial charge in [0.15, 0.2) is 4.34 Å². The van der Waals surface area contributed by atoms with Crippen LogP contribution in [0.25, 0.3) is 11.3 Å². The van der Waals surface area contributed by atoms with Gasteiger partial charge in [-0.2, -0.15) is 0 Å². The quantitative estimate of drug-likeness (QED) is 0.461. The number of aromatic nitrogens is 5. The van der Waals surface area contributed by atoms with Gasteiger partial charge in [-0.25, -0.2) is 9.67 Å². The first kappa shape index (κ1) is 17.2. The lowest BCUT2D eigenvalue weighted by molar-refractivity contribution is 0.504. The van der Waals surface area contributed by atoms with E-state index in [9.17, 15) is 0 Å². The first-order valence-corrected chi connectivity index (χ1v) is 10.0. The Balaban J connectivity index is 1.56. The predicted molar refractivity (Wildman–Crippen MR) is 105 cm³/mol. The van der Waals surface area contributed by atoms with Crippen molar-refractivity contribution in [3.8, 4) is 11.3 Å². The number of nitrogens with zero attached hydrogens (tertiary/aromatic N) is 5. The topological polar surface area (TPSA) is 56.5 Å². The molecule has 2 aromatic carbocycles. The fourth-order valence-electron chi connectivity index (χ4n) is 2.50. The second kappa shape index (κ2) is 7.57. The maximum absolute atomic E-state index is 5.95. The van der Waals surface area contributed by atoms with Gasteiger partial charge in [0.05, 0.1) is 11.7 Å². The zero-order valence-corrected chi connectivity index (χ0v) is 16.2. The van der Waals surface area contributed by atoms with Gasteiger partial charge in [0.1, 0.15) is 0 Å². The molecule has 0 bridgehead atoms. The molecule has 1 atom stereocenters. The fourth-order valence-corrected chi connectivity index (χ4v) is 4.41. The highest BCUT2D eigenvalue weighted by molar-refractivity contribution is 8.00. The smallest absolute Gasteiger partial charge is 0.216 e. The second-order valence-corrected chi connectivity index (χ2v) is 8.11. The average Bonchev–Trinajstić information content (AvgIpc) is 3.33. The largest absolute Gasteiger partial charge is 0.229 e. The number of hydrogen-bond acceptors (Lipinski definition) is 6. The van der Waals surface area contributed by atoms with Crippen molar-refractivity contribution in [3.63, 3.8) is 0 Å². The molecule has 0 aliphatic rings. The molecule has 0 saturated heterocycles. The minimum absolute atomic E-state index is 0.0457.